The van der Waals surface area contributed by atoms with Crippen molar-refractivity contribution in [3.8, 4) is 0 Å². The van der Waals surface area contributed by atoms with Crippen LogP contribution in [0.15, 0.2) is 30.5 Å². The second-order valence-electron chi connectivity index (χ2n) is 4.70. The second-order valence-corrected chi connectivity index (χ2v) is 4.70. The number of fused-ring (bicyclic) bond motifs is 1. The normalized spacial score (nSPS) is 11.9. The summed E-state index contributed by atoms with van der Waals surface area (Å²) in [6.07, 6.45) is 2.02. The van der Waals surface area contributed by atoms with E-state index >= 15 is 0 Å². The van der Waals surface area contributed by atoms with Gasteiger partial charge in [0.25, 0.3) is 0 Å². The van der Waals surface area contributed by atoms with E-state index in [1.54, 1.807) is 0 Å². The Bertz CT molecular complexity index is 525. The summed E-state index contributed by atoms with van der Waals surface area (Å²) in [7, 11) is 0. The van der Waals surface area contributed by atoms with Crippen LogP contribution in [-0.4, -0.2) is 16.1 Å². The molecular weight excluding hydrogens is 202 g/mol. The number of aromatic amines is 1. The van der Waals surface area contributed by atoms with Crippen LogP contribution in [-0.2, 0) is 10.2 Å². The van der Waals surface area contributed by atoms with Gasteiger partial charge < -0.3 is 10.1 Å². The van der Waals surface area contributed by atoms with Crippen molar-refractivity contribution in [1.29, 1.82) is 0 Å². The molecule has 0 fully saturated rings. The van der Waals surface area contributed by atoms with Gasteiger partial charge in [-0.15, -0.1) is 0 Å². The summed E-state index contributed by atoms with van der Waals surface area (Å²) >= 11 is 0. The van der Waals surface area contributed by atoms with E-state index in [0.29, 0.717) is 0 Å². The van der Waals surface area contributed by atoms with Crippen LogP contribution in [0.25, 0.3) is 10.9 Å². The fraction of sp³-hybridized carbons (Fsp3) is 0.308. The first-order valence-corrected chi connectivity index (χ1v) is 5.29. The first kappa shape index (κ1) is 10.7. The van der Waals surface area contributed by atoms with Crippen LogP contribution in [0.4, 0.5) is 0 Å². The first-order valence-electron chi connectivity index (χ1n) is 5.29. The number of aliphatic carboxylic acids is 1. The van der Waals surface area contributed by atoms with Gasteiger partial charge in [-0.05, 0) is 17.7 Å². The molecule has 2 N–H and O–H groups in total. The molecule has 3 nitrogen and oxygen atoms in total. The summed E-state index contributed by atoms with van der Waals surface area (Å²) in [5, 5.41) is 10.0. The Labute approximate surface area is 94.1 Å². The highest BCUT2D eigenvalue weighted by molar-refractivity contribution is 5.84. The molecule has 0 aliphatic carbocycles. The van der Waals surface area contributed by atoms with Crippen LogP contribution >= 0.6 is 0 Å². The fourth-order valence-corrected chi connectivity index (χ4v) is 2.15. The molecule has 0 saturated heterocycles. The lowest BCUT2D eigenvalue weighted by Gasteiger charge is -2.24. The van der Waals surface area contributed by atoms with E-state index in [4.69, 9.17) is 5.11 Å². The summed E-state index contributed by atoms with van der Waals surface area (Å²) < 4.78 is 0. The van der Waals surface area contributed by atoms with Gasteiger partial charge in [-0.25, -0.2) is 0 Å². The third-order valence-corrected chi connectivity index (χ3v) is 2.92. The Kier molecular flexibility index (Phi) is 2.46. The molecule has 0 bridgehead atoms. The van der Waals surface area contributed by atoms with E-state index in [1.807, 2.05) is 44.3 Å². The highest BCUT2D eigenvalue weighted by Crippen LogP contribution is 2.32. The summed E-state index contributed by atoms with van der Waals surface area (Å²) in [6, 6.07) is 7.95. The number of carbonyl (C=O) groups is 1. The predicted octanol–water partition coefficient (Wildman–Crippen LogP) is 2.92. The quantitative estimate of drug-likeness (QED) is 0.830. The topological polar surface area (TPSA) is 53.1 Å². The molecule has 1 aromatic carbocycles. The summed E-state index contributed by atoms with van der Waals surface area (Å²) in [5.41, 5.74) is 1.78. The van der Waals surface area contributed by atoms with Crippen LogP contribution < -0.4 is 0 Å². The van der Waals surface area contributed by atoms with Gasteiger partial charge in [0, 0.05) is 22.5 Å². The van der Waals surface area contributed by atoms with Crippen molar-refractivity contribution >= 4 is 16.9 Å². The van der Waals surface area contributed by atoms with Crippen LogP contribution in [0.2, 0.25) is 0 Å². The largest absolute Gasteiger partial charge is 0.481 e. The molecule has 0 aliphatic heterocycles. The summed E-state index contributed by atoms with van der Waals surface area (Å²) in [4.78, 5) is 14.0. The standard InChI is InChI=1S/C13H15NO2/c1-13(2,8-12(15)16)10-4-3-5-11-9(10)6-7-14-11/h3-7,14H,8H2,1-2H3,(H,15,16). The molecule has 1 aromatic heterocycles. The van der Waals surface area contributed by atoms with Crippen molar-refractivity contribution in [1.82, 2.24) is 4.98 Å². The number of carboxylic acid groups (broad SMARTS) is 1. The number of hydrogen-bond donors (Lipinski definition) is 2. The first-order chi connectivity index (χ1) is 7.50. The fourth-order valence-electron chi connectivity index (χ4n) is 2.15. The molecule has 2 aromatic rings. The van der Waals surface area contributed by atoms with Gasteiger partial charge in [0.2, 0.25) is 0 Å². The highest BCUT2D eigenvalue weighted by Gasteiger charge is 2.25. The molecule has 16 heavy (non-hydrogen) atoms. The minimum Gasteiger partial charge on any atom is -0.481 e. The second kappa shape index (κ2) is 3.67. The van der Waals surface area contributed by atoms with E-state index < -0.39 is 5.97 Å². The van der Waals surface area contributed by atoms with Gasteiger partial charge >= 0.3 is 5.97 Å². The summed E-state index contributed by atoms with van der Waals surface area (Å²) in [6.45, 7) is 3.92. The SMILES string of the molecule is CC(C)(CC(=O)O)c1cccc2[nH]ccc12. The molecule has 3 heteroatoms. The van der Waals surface area contributed by atoms with Gasteiger partial charge in [-0.3, -0.25) is 4.79 Å². The molecular formula is C13H15NO2. The highest BCUT2D eigenvalue weighted by atomic mass is 16.4. The van der Waals surface area contributed by atoms with E-state index in [9.17, 15) is 4.79 Å². The maximum Gasteiger partial charge on any atom is 0.304 e. The maximum atomic E-state index is 10.9. The maximum absolute atomic E-state index is 10.9. The minimum absolute atomic E-state index is 0.136. The van der Waals surface area contributed by atoms with Crippen LogP contribution in [0.1, 0.15) is 25.8 Å². The van der Waals surface area contributed by atoms with Gasteiger partial charge in [-0.1, -0.05) is 26.0 Å². The van der Waals surface area contributed by atoms with Crippen molar-refractivity contribution in [2.75, 3.05) is 0 Å². The molecule has 0 aliphatic rings. The molecule has 0 atom stereocenters. The lowest BCUT2D eigenvalue weighted by Crippen LogP contribution is -2.21. The number of rotatable bonds is 3. The van der Waals surface area contributed by atoms with Crippen molar-refractivity contribution < 1.29 is 9.90 Å². The Morgan fingerprint density at radius 3 is 2.81 bits per heavy atom. The molecule has 84 valence electrons. The molecule has 2 rings (SSSR count). The lowest BCUT2D eigenvalue weighted by molar-refractivity contribution is -0.138. The van der Waals surface area contributed by atoms with Crippen LogP contribution in [0.5, 0.6) is 0 Å². The Morgan fingerprint density at radius 1 is 1.38 bits per heavy atom. The third-order valence-electron chi connectivity index (χ3n) is 2.92. The zero-order valence-electron chi connectivity index (χ0n) is 9.45. The number of H-pyrrole nitrogens is 1. The lowest BCUT2D eigenvalue weighted by atomic mass is 9.80. The third kappa shape index (κ3) is 1.81. The van der Waals surface area contributed by atoms with Crippen LogP contribution in [0.3, 0.4) is 0 Å². The van der Waals surface area contributed by atoms with E-state index in [0.717, 1.165) is 16.5 Å². The molecule has 0 unspecified atom stereocenters. The van der Waals surface area contributed by atoms with E-state index in [2.05, 4.69) is 4.98 Å². The number of hydrogen-bond acceptors (Lipinski definition) is 1. The Hall–Kier alpha value is -1.77. The van der Waals surface area contributed by atoms with Crippen molar-refractivity contribution in [2.45, 2.75) is 25.7 Å². The average molecular weight is 217 g/mol. The number of benzene rings is 1. The number of nitrogens with one attached hydrogen (secondary N) is 1. The predicted molar refractivity (Wildman–Crippen MR) is 63.6 cm³/mol. The molecule has 0 spiro atoms. The number of aromatic nitrogens is 1. The number of carboxylic acids is 1. The molecule has 0 radical (unpaired) electrons. The van der Waals surface area contributed by atoms with E-state index in [1.165, 1.54) is 0 Å². The summed E-state index contributed by atoms with van der Waals surface area (Å²) in [5.74, 6) is -0.766. The van der Waals surface area contributed by atoms with Gasteiger partial charge in [-0.2, -0.15) is 0 Å². The minimum atomic E-state index is -0.766. The van der Waals surface area contributed by atoms with E-state index in [-0.39, 0.29) is 11.8 Å². The monoisotopic (exact) mass is 217 g/mol. The molecule has 0 amide bonds. The zero-order chi connectivity index (χ0) is 11.8. The Morgan fingerprint density at radius 2 is 2.12 bits per heavy atom. The van der Waals surface area contributed by atoms with Crippen molar-refractivity contribution in [3.05, 3.63) is 36.0 Å². The molecule has 1 heterocycles. The van der Waals surface area contributed by atoms with Crippen molar-refractivity contribution in [3.63, 3.8) is 0 Å². The smallest absolute Gasteiger partial charge is 0.304 e. The molecule has 0 saturated carbocycles. The average Bonchev–Trinajstić information content (AvgIpc) is 2.62. The Balaban J connectivity index is 2.53. The van der Waals surface area contributed by atoms with Gasteiger partial charge in [0.15, 0.2) is 0 Å². The van der Waals surface area contributed by atoms with Crippen molar-refractivity contribution in [2.24, 2.45) is 0 Å². The van der Waals surface area contributed by atoms with Gasteiger partial charge in [0.05, 0.1) is 6.42 Å². The zero-order valence-corrected chi connectivity index (χ0v) is 9.45. The van der Waals surface area contributed by atoms with Gasteiger partial charge in [0.1, 0.15) is 0 Å². The van der Waals surface area contributed by atoms with Crippen LogP contribution in [0, 0.1) is 0 Å².